The zero-order valence-corrected chi connectivity index (χ0v) is 10.2. The number of rotatable bonds is 6. The van der Waals surface area contributed by atoms with E-state index in [0.29, 0.717) is 13.2 Å². The summed E-state index contributed by atoms with van der Waals surface area (Å²) in [4.78, 5) is 8.55. The molecule has 0 bridgehead atoms. The Labute approximate surface area is 96.4 Å². The van der Waals surface area contributed by atoms with Gasteiger partial charge in [-0.05, 0) is 26.8 Å². The van der Waals surface area contributed by atoms with Crippen molar-refractivity contribution in [3.8, 4) is 0 Å². The Hall–Kier alpha value is -1.20. The SMILES string of the molecule is COCC(CCN)Nc1cc(C)nc(C)n1. The van der Waals surface area contributed by atoms with Crippen LogP contribution in [0.25, 0.3) is 0 Å². The zero-order valence-electron chi connectivity index (χ0n) is 10.2. The van der Waals surface area contributed by atoms with Crippen LogP contribution in [0.2, 0.25) is 0 Å². The number of hydrogen-bond donors (Lipinski definition) is 2. The summed E-state index contributed by atoms with van der Waals surface area (Å²) < 4.78 is 5.13. The molecule has 90 valence electrons. The van der Waals surface area contributed by atoms with Crippen molar-refractivity contribution in [2.45, 2.75) is 26.3 Å². The van der Waals surface area contributed by atoms with Gasteiger partial charge in [-0.2, -0.15) is 0 Å². The van der Waals surface area contributed by atoms with Gasteiger partial charge in [-0.25, -0.2) is 9.97 Å². The lowest BCUT2D eigenvalue weighted by molar-refractivity contribution is 0.183. The van der Waals surface area contributed by atoms with E-state index in [1.807, 2.05) is 19.9 Å². The fourth-order valence-corrected chi connectivity index (χ4v) is 1.60. The first kappa shape index (κ1) is 12.9. The Balaban J connectivity index is 2.68. The average Bonchev–Trinajstić information content (AvgIpc) is 2.16. The molecule has 1 rings (SSSR count). The second-order valence-corrected chi connectivity index (χ2v) is 3.82. The van der Waals surface area contributed by atoms with Crippen molar-refractivity contribution in [3.05, 3.63) is 17.6 Å². The van der Waals surface area contributed by atoms with Crippen molar-refractivity contribution in [2.75, 3.05) is 25.6 Å². The third kappa shape index (κ3) is 4.12. The van der Waals surface area contributed by atoms with Crippen LogP contribution in [0.4, 0.5) is 5.82 Å². The summed E-state index contributed by atoms with van der Waals surface area (Å²) in [6.45, 7) is 5.09. The van der Waals surface area contributed by atoms with E-state index in [4.69, 9.17) is 10.5 Å². The number of nitrogens with one attached hydrogen (secondary N) is 1. The molecule has 1 unspecified atom stereocenters. The monoisotopic (exact) mass is 224 g/mol. The summed E-state index contributed by atoms with van der Waals surface area (Å²) in [6.07, 6.45) is 0.857. The van der Waals surface area contributed by atoms with E-state index in [1.165, 1.54) is 0 Å². The van der Waals surface area contributed by atoms with E-state index < -0.39 is 0 Å². The Bertz CT molecular complexity index is 304. The Morgan fingerprint density at radius 3 is 2.75 bits per heavy atom. The van der Waals surface area contributed by atoms with Crippen molar-refractivity contribution in [1.82, 2.24) is 9.97 Å². The standard InChI is InChI=1S/C11H20N4O/c1-8-6-11(14-9(2)13-8)15-10(4-5-12)7-16-3/h6,10H,4-5,7,12H2,1-3H3,(H,13,14,15). The quantitative estimate of drug-likeness (QED) is 0.750. The van der Waals surface area contributed by atoms with Crippen LogP contribution < -0.4 is 11.1 Å². The normalized spacial score (nSPS) is 12.5. The molecule has 5 nitrogen and oxygen atoms in total. The van der Waals surface area contributed by atoms with Gasteiger partial charge in [0.1, 0.15) is 11.6 Å². The van der Waals surface area contributed by atoms with Crippen molar-refractivity contribution in [1.29, 1.82) is 0 Å². The third-order valence-electron chi connectivity index (χ3n) is 2.20. The van der Waals surface area contributed by atoms with E-state index in [1.54, 1.807) is 7.11 Å². The molecule has 1 aromatic heterocycles. The minimum absolute atomic E-state index is 0.198. The molecule has 1 atom stereocenters. The maximum atomic E-state index is 5.54. The van der Waals surface area contributed by atoms with Crippen LogP contribution in [0.5, 0.6) is 0 Å². The molecule has 0 spiro atoms. The van der Waals surface area contributed by atoms with E-state index in [2.05, 4.69) is 15.3 Å². The smallest absolute Gasteiger partial charge is 0.130 e. The molecular weight excluding hydrogens is 204 g/mol. The number of aryl methyl sites for hydroxylation is 2. The third-order valence-corrected chi connectivity index (χ3v) is 2.20. The van der Waals surface area contributed by atoms with Gasteiger partial charge in [0.2, 0.25) is 0 Å². The first-order valence-electron chi connectivity index (χ1n) is 5.43. The van der Waals surface area contributed by atoms with Crippen LogP contribution in [-0.2, 0) is 4.74 Å². The summed E-state index contributed by atoms with van der Waals surface area (Å²) >= 11 is 0. The van der Waals surface area contributed by atoms with Gasteiger partial charge in [0, 0.05) is 18.9 Å². The van der Waals surface area contributed by atoms with Crippen LogP contribution in [0.1, 0.15) is 17.9 Å². The van der Waals surface area contributed by atoms with Gasteiger partial charge in [-0.1, -0.05) is 0 Å². The lowest BCUT2D eigenvalue weighted by atomic mass is 10.2. The molecule has 1 aromatic rings. The van der Waals surface area contributed by atoms with Gasteiger partial charge in [0.25, 0.3) is 0 Å². The van der Waals surface area contributed by atoms with Gasteiger partial charge in [0.05, 0.1) is 12.6 Å². The van der Waals surface area contributed by atoms with Gasteiger partial charge in [0.15, 0.2) is 0 Å². The first-order valence-corrected chi connectivity index (χ1v) is 5.43. The predicted octanol–water partition coefficient (Wildman–Crippen LogP) is 0.869. The molecule has 16 heavy (non-hydrogen) atoms. The predicted molar refractivity (Wildman–Crippen MR) is 64.5 cm³/mol. The summed E-state index contributed by atoms with van der Waals surface area (Å²) in [7, 11) is 1.68. The molecule has 3 N–H and O–H groups in total. The highest BCUT2D eigenvalue weighted by atomic mass is 16.5. The fraction of sp³-hybridized carbons (Fsp3) is 0.636. The van der Waals surface area contributed by atoms with Gasteiger partial charge >= 0.3 is 0 Å². The second-order valence-electron chi connectivity index (χ2n) is 3.82. The van der Waals surface area contributed by atoms with Crippen molar-refractivity contribution >= 4 is 5.82 Å². The second kappa shape index (κ2) is 6.40. The molecule has 0 aliphatic heterocycles. The lowest BCUT2D eigenvalue weighted by Gasteiger charge is -2.18. The molecule has 5 heteroatoms. The molecule has 0 amide bonds. The topological polar surface area (TPSA) is 73.1 Å². The first-order chi connectivity index (χ1) is 7.65. The highest BCUT2D eigenvalue weighted by molar-refractivity contribution is 5.36. The van der Waals surface area contributed by atoms with Crippen LogP contribution in [0, 0.1) is 13.8 Å². The number of nitrogens with zero attached hydrogens (tertiary/aromatic N) is 2. The van der Waals surface area contributed by atoms with Gasteiger partial charge in [-0.3, -0.25) is 0 Å². The Morgan fingerprint density at radius 2 is 2.19 bits per heavy atom. The number of methoxy groups -OCH3 is 1. The highest BCUT2D eigenvalue weighted by Crippen LogP contribution is 2.08. The van der Waals surface area contributed by atoms with Crippen LogP contribution in [0.15, 0.2) is 6.07 Å². The summed E-state index contributed by atoms with van der Waals surface area (Å²) in [5, 5.41) is 3.31. The van der Waals surface area contributed by atoms with Crippen LogP contribution >= 0.6 is 0 Å². The maximum Gasteiger partial charge on any atom is 0.130 e. The van der Waals surface area contributed by atoms with Crippen LogP contribution in [-0.4, -0.2) is 36.3 Å². The molecule has 0 aromatic carbocycles. The van der Waals surface area contributed by atoms with E-state index >= 15 is 0 Å². The number of aromatic nitrogens is 2. The largest absolute Gasteiger partial charge is 0.383 e. The Kier molecular flexibility index (Phi) is 5.14. The fourth-order valence-electron chi connectivity index (χ4n) is 1.60. The zero-order chi connectivity index (χ0) is 12.0. The molecular formula is C11H20N4O. The number of anilines is 1. The average molecular weight is 224 g/mol. The Morgan fingerprint density at radius 1 is 1.44 bits per heavy atom. The molecule has 0 aliphatic carbocycles. The van der Waals surface area contributed by atoms with Gasteiger partial charge in [-0.15, -0.1) is 0 Å². The molecule has 0 radical (unpaired) electrons. The molecule has 0 fully saturated rings. The molecule has 0 aliphatic rings. The molecule has 0 saturated heterocycles. The number of hydrogen-bond acceptors (Lipinski definition) is 5. The van der Waals surface area contributed by atoms with Gasteiger partial charge < -0.3 is 15.8 Å². The number of nitrogens with two attached hydrogens (primary N) is 1. The summed E-state index contributed by atoms with van der Waals surface area (Å²) in [5.41, 5.74) is 6.50. The summed E-state index contributed by atoms with van der Waals surface area (Å²) in [5.74, 6) is 1.60. The van der Waals surface area contributed by atoms with Crippen molar-refractivity contribution < 1.29 is 4.74 Å². The molecule has 0 saturated carbocycles. The van der Waals surface area contributed by atoms with E-state index in [9.17, 15) is 0 Å². The van der Waals surface area contributed by atoms with Crippen LogP contribution in [0.3, 0.4) is 0 Å². The van der Waals surface area contributed by atoms with Crippen molar-refractivity contribution in [3.63, 3.8) is 0 Å². The minimum Gasteiger partial charge on any atom is -0.383 e. The van der Waals surface area contributed by atoms with Crippen molar-refractivity contribution in [2.24, 2.45) is 5.73 Å². The summed E-state index contributed by atoms with van der Waals surface area (Å²) in [6, 6.07) is 2.12. The minimum atomic E-state index is 0.198. The highest BCUT2D eigenvalue weighted by Gasteiger charge is 2.08. The van der Waals surface area contributed by atoms with E-state index in [-0.39, 0.29) is 6.04 Å². The van der Waals surface area contributed by atoms with E-state index in [0.717, 1.165) is 23.8 Å². The molecule has 1 heterocycles. The maximum absolute atomic E-state index is 5.54. The number of ether oxygens (including phenoxy) is 1. The lowest BCUT2D eigenvalue weighted by Crippen LogP contribution is -2.28.